The van der Waals surface area contributed by atoms with Gasteiger partial charge in [-0.25, -0.2) is 8.78 Å². The molecule has 0 saturated carbocycles. The Bertz CT molecular complexity index is 8440. The molecule has 3 N–H and O–H groups in total. The molecule has 25 rings (SSSR count). The van der Waals surface area contributed by atoms with Gasteiger partial charge in [-0.05, 0) is 243 Å². The molecule has 0 bridgehead atoms. The van der Waals surface area contributed by atoms with Crippen LogP contribution in [0.3, 0.4) is 0 Å². The van der Waals surface area contributed by atoms with Crippen LogP contribution in [-0.4, -0.2) is 0 Å². The summed E-state index contributed by atoms with van der Waals surface area (Å²) in [7, 11) is 0. The van der Waals surface area contributed by atoms with E-state index in [1.54, 1.807) is 52.6 Å². The zero-order valence-corrected chi connectivity index (χ0v) is 73.8. The van der Waals surface area contributed by atoms with Gasteiger partial charge in [-0.2, -0.15) is 0 Å². The van der Waals surface area contributed by atoms with E-state index in [4.69, 9.17) is 4.42 Å². The molecule has 0 radical (unpaired) electrons. The fourth-order valence-electron chi connectivity index (χ4n) is 18.9. The van der Waals surface area contributed by atoms with Crippen LogP contribution in [0.2, 0.25) is 0 Å². The highest BCUT2D eigenvalue weighted by atomic mass is 32.1. The summed E-state index contributed by atoms with van der Waals surface area (Å²) >= 11 is 5.34. The summed E-state index contributed by atoms with van der Waals surface area (Å²) in [4.78, 5) is 6.37. The largest absolute Gasteiger partial charge is 0.454 e. The van der Waals surface area contributed by atoms with E-state index in [1.165, 1.54) is 108 Å². The summed E-state index contributed by atoms with van der Waals surface area (Å²) < 4.78 is 44.0. The Morgan fingerprint density at radius 1 is 0.237 bits per heavy atom. The standard InChI is InChI=1S/C42H28N2OS.C39H30N2S.C38H24F2N2S/c1-4-12-28(13-5-1)29-24-37-34-18-10-11-19-39(34)45-42(37)38(25-29)44(32-16-8-3-9-17-32)33-21-23-36-35-22-20-31(26-40(35)46-41(36)27-33)43-30-14-6-2-7-15-30;1-39(2)35-16-10-9-15-31(35)34-24-29(19-22-36(34)39)41(28-13-7-4-8-14-28)30-18-21-33-32-20-17-27(23-37(32)42-38(33)25-30)40-26-11-5-3-6-12-26;39-33-9-3-5-11-35(33)42(36-12-6-4-10-34(36)40)28-17-20-32-31-19-16-27(22-37(31)43-38(32)23-28)41-26-15-18-30-25(21-26)14-13-24-7-1-2-8-29(24)30/h1-27,43H;3-25,40H,1-2H3;1-23,41H. The molecule has 1 aliphatic rings. The van der Waals surface area contributed by atoms with Gasteiger partial charge in [0.1, 0.15) is 17.2 Å². The van der Waals surface area contributed by atoms with Crippen molar-refractivity contribution in [2.75, 3.05) is 30.7 Å². The number of halogens is 2. The molecular formula is C119H82F2N6OS3. The summed E-state index contributed by atoms with van der Waals surface area (Å²) in [6.45, 7) is 4.67. The summed E-state index contributed by atoms with van der Waals surface area (Å²) in [5, 5.41) is 25.2. The maximum absolute atomic E-state index is 15.0. The lowest BCUT2D eigenvalue weighted by molar-refractivity contribution is 0.619. The van der Waals surface area contributed by atoms with Gasteiger partial charge in [-0.3, -0.25) is 0 Å². The number of thiophene rings is 3. The van der Waals surface area contributed by atoms with Crippen molar-refractivity contribution < 1.29 is 13.2 Å². The molecule has 0 aliphatic heterocycles. The molecule has 12 heteroatoms. The Kier molecular flexibility index (Phi) is 20.5. The van der Waals surface area contributed by atoms with Crippen molar-refractivity contribution in [3.63, 3.8) is 0 Å². The number of para-hydroxylation sites is 7. The molecule has 20 aromatic carbocycles. The first-order valence-corrected chi connectivity index (χ1v) is 46.4. The van der Waals surface area contributed by atoms with E-state index in [0.717, 1.165) is 110 Å². The lowest BCUT2D eigenvalue weighted by Gasteiger charge is -2.27. The normalized spacial score (nSPS) is 12.0. The second-order valence-corrected chi connectivity index (χ2v) is 36.9. The van der Waals surface area contributed by atoms with Crippen LogP contribution in [0, 0.1) is 11.6 Å². The van der Waals surface area contributed by atoms with Gasteiger partial charge in [0.05, 0.1) is 17.1 Å². The third kappa shape index (κ3) is 15.1. The average Bonchev–Trinajstić information content (AvgIpc) is 1.58. The first-order valence-electron chi connectivity index (χ1n) is 43.9. The predicted octanol–water partition coefficient (Wildman–Crippen LogP) is 36.3. The SMILES string of the molecule is CC1(C)c2ccccc2-c2cc(N(c3ccccc3)c3ccc4c(c3)sc3cc(Nc5ccccc5)ccc34)ccc21.Fc1ccccc1N(c1ccc2c(c1)sc1cc(Nc3ccc4c(ccc5ccccc54)c3)ccc12)c1ccccc1F.c1ccc(Nc2ccc3c(c2)sc2cc(N(c4ccccc4)c4cc(-c5ccccc5)cc5c4oc4ccccc45)ccc23)cc1. The highest BCUT2D eigenvalue weighted by Crippen LogP contribution is 2.53. The second-order valence-electron chi connectivity index (χ2n) is 33.6. The van der Waals surface area contributed by atoms with Crippen LogP contribution in [0.1, 0.15) is 25.0 Å². The van der Waals surface area contributed by atoms with Crippen LogP contribution in [0.25, 0.3) is 126 Å². The van der Waals surface area contributed by atoms with Crippen LogP contribution in [0.4, 0.5) is 94.1 Å². The molecule has 4 heterocycles. The molecule has 0 fully saturated rings. The third-order valence-electron chi connectivity index (χ3n) is 25.2. The second kappa shape index (κ2) is 33.7. The van der Waals surface area contributed by atoms with Crippen LogP contribution in [0.15, 0.2) is 447 Å². The van der Waals surface area contributed by atoms with Crippen LogP contribution in [0.5, 0.6) is 0 Å². The number of benzene rings is 20. The van der Waals surface area contributed by atoms with Gasteiger partial charge < -0.3 is 35.1 Å². The molecule has 4 aromatic heterocycles. The van der Waals surface area contributed by atoms with Crippen molar-refractivity contribution in [3.05, 3.63) is 466 Å². The van der Waals surface area contributed by atoms with Gasteiger partial charge in [-0.15, -0.1) is 34.0 Å². The van der Waals surface area contributed by atoms with Crippen molar-refractivity contribution in [3.8, 4) is 22.3 Å². The summed E-state index contributed by atoms with van der Waals surface area (Å²) in [6.07, 6.45) is 0. The number of furan rings is 1. The molecule has 131 heavy (non-hydrogen) atoms. The quantitative estimate of drug-likeness (QED) is 0.0834. The minimum atomic E-state index is -0.417. The van der Waals surface area contributed by atoms with Crippen LogP contribution < -0.4 is 30.7 Å². The lowest BCUT2D eigenvalue weighted by Crippen LogP contribution is -2.15. The molecule has 0 unspecified atom stereocenters. The predicted molar refractivity (Wildman–Crippen MR) is 556 cm³/mol. The van der Waals surface area contributed by atoms with E-state index in [-0.39, 0.29) is 5.41 Å². The molecule has 0 atom stereocenters. The fraction of sp³-hybridized carbons (Fsp3) is 0.0252. The monoisotopic (exact) mass is 1740 g/mol. The number of anilines is 15. The molecular weight excluding hydrogens is 1660 g/mol. The van der Waals surface area contributed by atoms with E-state index in [2.05, 4.69) is 398 Å². The van der Waals surface area contributed by atoms with Gasteiger partial charge in [0.2, 0.25) is 0 Å². The zero-order valence-electron chi connectivity index (χ0n) is 71.4. The molecule has 1 aliphatic carbocycles. The van der Waals surface area contributed by atoms with Gasteiger partial charge in [0.25, 0.3) is 0 Å². The molecule has 24 aromatic rings. The van der Waals surface area contributed by atoms with Crippen molar-refractivity contribution in [2.45, 2.75) is 19.3 Å². The Labute approximate surface area is 768 Å². The fourth-order valence-corrected chi connectivity index (χ4v) is 22.4. The summed E-state index contributed by atoms with van der Waals surface area (Å²) in [6, 6.07) is 153. The Balaban J connectivity index is 0.000000112. The maximum atomic E-state index is 15.0. The van der Waals surface area contributed by atoms with Gasteiger partial charge >= 0.3 is 0 Å². The van der Waals surface area contributed by atoms with Crippen molar-refractivity contribution in [1.29, 1.82) is 0 Å². The van der Waals surface area contributed by atoms with Crippen LogP contribution in [-0.2, 0) is 5.41 Å². The van der Waals surface area contributed by atoms with Crippen molar-refractivity contribution in [2.24, 2.45) is 0 Å². The van der Waals surface area contributed by atoms with E-state index in [0.29, 0.717) is 17.1 Å². The number of fused-ring (bicyclic) bond motifs is 18. The average molecular weight is 1750 g/mol. The molecule has 0 spiro atoms. The van der Waals surface area contributed by atoms with Crippen LogP contribution >= 0.6 is 34.0 Å². The number of hydrogen-bond acceptors (Lipinski definition) is 10. The third-order valence-corrected chi connectivity index (χ3v) is 28.5. The molecule has 7 nitrogen and oxygen atoms in total. The molecule has 626 valence electrons. The highest BCUT2D eigenvalue weighted by Gasteiger charge is 2.36. The van der Waals surface area contributed by atoms with E-state index in [9.17, 15) is 0 Å². The Morgan fingerprint density at radius 2 is 0.626 bits per heavy atom. The highest BCUT2D eigenvalue weighted by molar-refractivity contribution is 7.26. The number of nitrogens with zero attached hydrogens (tertiary/aromatic N) is 3. The maximum Gasteiger partial charge on any atom is 0.159 e. The van der Waals surface area contributed by atoms with Gasteiger partial charge in [-0.1, -0.05) is 269 Å². The molecule has 0 saturated heterocycles. The van der Waals surface area contributed by atoms with Crippen molar-refractivity contribution >= 4 is 223 Å². The van der Waals surface area contributed by atoms with E-state index >= 15 is 8.78 Å². The number of hydrogen-bond donors (Lipinski definition) is 3. The number of rotatable bonds is 16. The Hall–Kier alpha value is -16.0. The first-order chi connectivity index (χ1) is 64.5. The Morgan fingerprint density at radius 3 is 1.18 bits per heavy atom. The minimum absolute atomic E-state index is 0.00770. The molecule has 0 amide bonds. The van der Waals surface area contributed by atoms with Gasteiger partial charge in [0, 0.05) is 145 Å². The number of nitrogens with one attached hydrogen (secondary N) is 3. The summed E-state index contributed by atoms with van der Waals surface area (Å²) in [5.74, 6) is -0.834. The smallest absolute Gasteiger partial charge is 0.159 e. The first kappa shape index (κ1) is 79.7. The van der Waals surface area contributed by atoms with E-state index in [1.807, 2.05) is 59.1 Å². The summed E-state index contributed by atoms with van der Waals surface area (Å²) in [5.41, 5.74) is 23.8. The lowest BCUT2D eigenvalue weighted by atomic mass is 9.82. The van der Waals surface area contributed by atoms with Crippen molar-refractivity contribution in [1.82, 2.24) is 0 Å². The topological polar surface area (TPSA) is 59.0 Å². The zero-order chi connectivity index (χ0) is 87.6. The minimum Gasteiger partial charge on any atom is -0.454 e. The van der Waals surface area contributed by atoms with Gasteiger partial charge in [0.15, 0.2) is 5.58 Å². The van der Waals surface area contributed by atoms with E-state index < -0.39 is 11.6 Å².